The zero-order chi connectivity index (χ0) is 4.12. The average Bonchev–Trinajstić information content (AvgIpc) is 1.41. The topological polar surface area (TPSA) is 0 Å². The number of allylic oxidation sites excluding steroid dienone is 3. The van der Waals surface area contributed by atoms with Gasteiger partial charge in [0.25, 0.3) is 0 Å². The Balaban J connectivity index is -0.0000000133. The third kappa shape index (κ3) is 48.2. The van der Waals surface area contributed by atoms with Gasteiger partial charge in [0.05, 0.1) is 0 Å². The summed E-state index contributed by atoms with van der Waals surface area (Å²) in [5.41, 5.74) is 0. The van der Waals surface area contributed by atoms with Gasteiger partial charge in [-0.2, -0.15) is 6.08 Å². The van der Waals surface area contributed by atoms with Gasteiger partial charge in [0.1, 0.15) is 0 Å². The molecule has 52 valence electrons. The van der Waals surface area contributed by atoms with Crippen LogP contribution in [0, 0.1) is 6.58 Å². The van der Waals surface area contributed by atoms with Crippen molar-refractivity contribution in [2.75, 3.05) is 0 Å². The van der Waals surface area contributed by atoms with Crippen LogP contribution in [0.4, 0.5) is 0 Å². The fourth-order valence-electron chi connectivity index (χ4n) is 0.111. The van der Waals surface area contributed by atoms with Gasteiger partial charge < -0.3 is 37.2 Å². The molecule has 0 amide bonds. The van der Waals surface area contributed by atoms with E-state index in [1.54, 1.807) is 6.08 Å². The van der Waals surface area contributed by atoms with E-state index in [-0.39, 0.29) is 58.9 Å². The van der Waals surface area contributed by atoms with Crippen molar-refractivity contribution in [3.05, 3.63) is 24.8 Å². The first-order chi connectivity index (χ1) is 2.41. The molecule has 9 heavy (non-hydrogen) atoms. The number of hydrogen-bond acceptors (Lipinski definition) is 0. The second kappa shape index (κ2) is 35.7. The van der Waals surface area contributed by atoms with Crippen molar-refractivity contribution in [2.24, 2.45) is 0 Å². The standard InChI is InChI=1S/C5H7.3ClH.Ti/c1-3-5-4-2;;;;/h1,3-5H,2H3;3*1H;/q-1;;;;+4/p-3. The molecule has 4 heteroatoms. The van der Waals surface area contributed by atoms with Crippen LogP contribution in [-0.4, -0.2) is 0 Å². The van der Waals surface area contributed by atoms with E-state index in [4.69, 9.17) is 6.58 Å². The van der Waals surface area contributed by atoms with Crippen molar-refractivity contribution in [1.29, 1.82) is 0 Å². The third-order valence-electron chi connectivity index (χ3n) is 0.304. The van der Waals surface area contributed by atoms with Crippen LogP contribution in [-0.2, 0) is 21.7 Å². The number of rotatable bonds is 1. The van der Waals surface area contributed by atoms with E-state index in [1.165, 1.54) is 6.08 Å². The normalized spacial score (nSPS) is 5.00. The van der Waals surface area contributed by atoms with E-state index in [0.717, 1.165) is 0 Å². The molecule has 0 spiro atoms. The van der Waals surface area contributed by atoms with Gasteiger partial charge in [0.2, 0.25) is 0 Å². The fraction of sp³-hybridized carbons (Fsp3) is 0.200. The average molecular weight is 221 g/mol. The van der Waals surface area contributed by atoms with E-state index in [1.807, 2.05) is 13.0 Å². The molecule has 0 heterocycles. The molecule has 0 N–H and O–H groups in total. The van der Waals surface area contributed by atoms with Gasteiger partial charge in [-0.25, -0.2) is 12.2 Å². The van der Waals surface area contributed by atoms with Gasteiger partial charge in [-0.15, -0.1) is 0 Å². The maximum absolute atomic E-state index is 4.93. The zero-order valence-electron chi connectivity index (χ0n) is 4.94. The minimum absolute atomic E-state index is 0. The van der Waals surface area contributed by atoms with Crippen molar-refractivity contribution in [1.82, 2.24) is 0 Å². The molecule has 0 aromatic rings. The molecule has 0 saturated heterocycles. The van der Waals surface area contributed by atoms with Crippen LogP contribution in [0.3, 0.4) is 0 Å². The third-order valence-corrected chi connectivity index (χ3v) is 0.304. The van der Waals surface area contributed by atoms with Crippen LogP contribution >= 0.6 is 0 Å². The first-order valence-corrected chi connectivity index (χ1v) is 1.58. The summed E-state index contributed by atoms with van der Waals surface area (Å²) < 4.78 is 0. The minimum atomic E-state index is 0. The largest absolute Gasteiger partial charge is 4.00 e. The maximum atomic E-state index is 4.93. The molecule has 0 aliphatic heterocycles. The van der Waals surface area contributed by atoms with Crippen LogP contribution < -0.4 is 37.2 Å². The van der Waals surface area contributed by atoms with Crippen LogP contribution in [0.5, 0.6) is 0 Å². The predicted octanol–water partition coefficient (Wildman–Crippen LogP) is -7.44. The fourth-order valence-corrected chi connectivity index (χ4v) is 0.111. The number of halogens is 3. The predicted molar refractivity (Wildman–Crippen MR) is 23.7 cm³/mol. The SMILES string of the molecule is [CH-]=CC=CC.[Cl-].[Cl-].[Cl-].[Ti+4]. The smallest absolute Gasteiger partial charge is 1.00 e. The Morgan fingerprint density at radius 2 is 1.44 bits per heavy atom. The summed E-state index contributed by atoms with van der Waals surface area (Å²) in [4.78, 5) is 0. The van der Waals surface area contributed by atoms with E-state index in [9.17, 15) is 0 Å². The summed E-state index contributed by atoms with van der Waals surface area (Å²) in [6.07, 6.45) is 5.15. The molecule has 0 nitrogen and oxygen atoms in total. The first-order valence-electron chi connectivity index (χ1n) is 1.58. The van der Waals surface area contributed by atoms with Crippen LogP contribution in [0.1, 0.15) is 6.92 Å². The summed E-state index contributed by atoms with van der Waals surface area (Å²) in [5, 5.41) is 0. The number of hydrogen-bond donors (Lipinski definition) is 0. The van der Waals surface area contributed by atoms with E-state index in [0.29, 0.717) is 0 Å². The molecule has 0 saturated carbocycles. The Hall–Kier alpha value is 1.06. The summed E-state index contributed by atoms with van der Waals surface area (Å²) in [6.45, 7) is 6.85. The Morgan fingerprint density at radius 3 is 1.44 bits per heavy atom. The van der Waals surface area contributed by atoms with E-state index >= 15 is 0 Å². The molecule has 0 bridgehead atoms. The maximum Gasteiger partial charge on any atom is 4.00 e. The van der Waals surface area contributed by atoms with Crippen molar-refractivity contribution in [3.63, 3.8) is 0 Å². The molecule has 0 aromatic heterocycles. The molecular weight excluding hydrogens is 214 g/mol. The van der Waals surface area contributed by atoms with Gasteiger partial charge in [-0.1, -0.05) is 6.92 Å². The second-order valence-corrected chi connectivity index (χ2v) is 0.718. The molecule has 0 aliphatic carbocycles. The Bertz CT molecular complexity index is 54.2. The summed E-state index contributed by atoms with van der Waals surface area (Å²) in [7, 11) is 0. The summed E-state index contributed by atoms with van der Waals surface area (Å²) in [6, 6.07) is 0. The molecular formula is C5H7Cl3Ti. The molecule has 0 atom stereocenters. The van der Waals surface area contributed by atoms with Crippen molar-refractivity contribution in [3.8, 4) is 0 Å². The quantitative estimate of drug-likeness (QED) is 0.234. The molecule has 0 fully saturated rings. The monoisotopic (exact) mass is 220 g/mol. The minimum Gasteiger partial charge on any atom is -1.00 e. The second-order valence-electron chi connectivity index (χ2n) is 0.718. The molecule has 0 aliphatic rings. The first kappa shape index (κ1) is 32.2. The molecule has 0 radical (unpaired) electrons. The molecule has 0 unspecified atom stereocenters. The van der Waals surface area contributed by atoms with Crippen LogP contribution in [0.15, 0.2) is 18.2 Å². The Morgan fingerprint density at radius 1 is 1.11 bits per heavy atom. The molecule has 0 rings (SSSR count). The van der Waals surface area contributed by atoms with Crippen molar-refractivity contribution < 1.29 is 58.9 Å². The Labute approximate surface area is 90.3 Å². The van der Waals surface area contributed by atoms with Gasteiger partial charge in [0.15, 0.2) is 0 Å². The summed E-state index contributed by atoms with van der Waals surface area (Å²) in [5.74, 6) is 0. The van der Waals surface area contributed by atoms with Gasteiger partial charge >= 0.3 is 21.7 Å². The van der Waals surface area contributed by atoms with Crippen LogP contribution in [0.2, 0.25) is 0 Å². The molecule has 0 aromatic carbocycles. The van der Waals surface area contributed by atoms with Crippen molar-refractivity contribution in [2.45, 2.75) is 6.92 Å². The van der Waals surface area contributed by atoms with Gasteiger partial charge in [0, 0.05) is 0 Å². The summed E-state index contributed by atoms with van der Waals surface area (Å²) >= 11 is 0. The van der Waals surface area contributed by atoms with Gasteiger partial charge in [-0.05, 0) is 0 Å². The Kier molecular flexibility index (Phi) is 128. The van der Waals surface area contributed by atoms with Crippen LogP contribution in [0.25, 0.3) is 0 Å². The van der Waals surface area contributed by atoms with Crippen molar-refractivity contribution >= 4 is 0 Å². The van der Waals surface area contributed by atoms with Gasteiger partial charge in [-0.3, -0.25) is 6.58 Å². The van der Waals surface area contributed by atoms with E-state index in [2.05, 4.69) is 0 Å². The van der Waals surface area contributed by atoms with E-state index < -0.39 is 0 Å². The zero-order valence-corrected chi connectivity index (χ0v) is 8.77.